The van der Waals surface area contributed by atoms with E-state index in [9.17, 15) is 4.79 Å². The highest BCUT2D eigenvalue weighted by Gasteiger charge is 2.09. The number of carbonyl (C=O) groups is 1. The van der Waals surface area contributed by atoms with E-state index >= 15 is 0 Å². The number of fused-ring (bicyclic) bond motifs is 1. The SMILES string of the molecule is CCOc1ccc2nc(NC(=O)Nc3cccc(OC)c3)sc2c1. The summed E-state index contributed by atoms with van der Waals surface area (Å²) in [4.78, 5) is 16.5. The van der Waals surface area contributed by atoms with Crippen LogP contribution in [0, 0.1) is 0 Å². The van der Waals surface area contributed by atoms with E-state index in [2.05, 4.69) is 15.6 Å². The molecule has 2 N–H and O–H groups in total. The van der Waals surface area contributed by atoms with Gasteiger partial charge in [0, 0.05) is 11.8 Å². The van der Waals surface area contributed by atoms with Crippen LogP contribution >= 0.6 is 11.3 Å². The molecule has 124 valence electrons. The van der Waals surface area contributed by atoms with Crippen molar-refractivity contribution >= 4 is 38.4 Å². The quantitative estimate of drug-likeness (QED) is 0.722. The highest BCUT2D eigenvalue weighted by atomic mass is 32.1. The number of amides is 2. The van der Waals surface area contributed by atoms with Crippen molar-refractivity contribution in [3.05, 3.63) is 42.5 Å². The first-order valence-electron chi connectivity index (χ1n) is 7.43. The summed E-state index contributed by atoms with van der Waals surface area (Å²) in [5.41, 5.74) is 1.46. The summed E-state index contributed by atoms with van der Waals surface area (Å²) in [5, 5.41) is 6.02. The molecule has 24 heavy (non-hydrogen) atoms. The summed E-state index contributed by atoms with van der Waals surface area (Å²) < 4.78 is 11.6. The minimum Gasteiger partial charge on any atom is -0.497 e. The monoisotopic (exact) mass is 343 g/mol. The zero-order valence-electron chi connectivity index (χ0n) is 13.3. The van der Waals surface area contributed by atoms with Gasteiger partial charge in [-0.15, -0.1) is 0 Å². The highest BCUT2D eigenvalue weighted by Crippen LogP contribution is 2.29. The number of carbonyl (C=O) groups excluding carboxylic acids is 1. The Morgan fingerprint density at radius 1 is 1.17 bits per heavy atom. The lowest BCUT2D eigenvalue weighted by atomic mass is 10.3. The van der Waals surface area contributed by atoms with Crippen molar-refractivity contribution in [3.8, 4) is 11.5 Å². The van der Waals surface area contributed by atoms with E-state index in [0.717, 1.165) is 16.0 Å². The number of methoxy groups -OCH3 is 1. The molecule has 0 aliphatic carbocycles. The summed E-state index contributed by atoms with van der Waals surface area (Å²) in [5.74, 6) is 1.47. The van der Waals surface area contributed by atoms with Gasteiger partial charge >= 0.3 is 6.03 Å². The molecule has 0 atom stereocenters. The Kier molecular flexibility index (Phi) is 4.81. The Morgan fingerprint density at radius 2 is 2.04 bits per heavy atom. The van der Waals surface area contributed by atoms with Gasteiger partial charge < -0.3 is 14.8 Å². The molecule has 0 radical (unpaired) electrons. The van der Waals surface area contributed by atoms with Gasteiger partial charge in [0.1, 0.15) is 11.5 Å². The van der Waals surface area contributed by atoms with Crippen molar-refractivity contribution in [1.29, 1.82) is 0 Å². The fraction of sp³-hybridized carbons (Fsp3) is 0.176. The van der Waals surface area contributed by atoms with E-state index in [-0.39, 0.29) is 6.03 Å². The fourth-order valence-electron chi connectivity index (χ4n) is 2.18. The van der Waals surface area contributed by atoms with Gasteiger partial charge in [-0.1, -0.05) is 17.4 Å². The predicted molar refractivity (Wildman–Crippen MR) is 96.4 cm³/mol. The number of nitrogens with one attached hydrogen (secondary N) is 2. The number of thiazole rings is 1. The van der Waals surface area contributed by atoms with Crippen LogP contribution in [0.5, 0.6) is 11.5 Å². The van der Waals surface area contributed by atoms with Crippen molar-refractivity contribution in [2.75, 3.05) is 24.4 Å². The molecule has 3 rings (SSSR count). The third-order valence-electron chi connectivity index (χ3n) is 3.22. The second-order valence-corrected chi connectivity index (χ2v) is 5.92. The van der Waals surface area contributed by atoms with Gasteiger partial charge in [-0.25, -0.2) is 9.78 Å². The number of rotatable bonds is 5. The van der Waals surface area contributed by atoms with Crippen LogP contribution in [0.4, 0.5) is 15.6 Å². The van der Waals surface area contributed by atoms with Gasteiger partial charge in [-0.05, 0) is 37.3 Å². The molecule has 7 heteroatoms. The summed E-state index contributed by atoms with van der Waals surface area (Å²) >= 11 is 1.40. The lowest BCUT2D eigenvalue weighted by Crippen LogP contribution is -2.19. The van der Waals surface area contributed by atoms with Gasteiger partial charge in [0.05, 0.1) is 23.9 Å². The highest BCUT2D eigenvalue weighted by molar-refractivity contribution is 7.22. The molecule has 0 saturated heterocycles. The lowest BCUT2D eigenvalue weighted by molar-refractivity contribution is 0.262. The van der Waals surface area contributed by atoms with Crippen LogP contribution in [0.3, 0.4) is 0 Å². The van der Waals surface area contributed by atoms with E-state index in [1.807, 2.05) is 31.2 Å². The summed E-state index contributed by atoms with van der Waals surface area (Å²) in [6, 6.07) is 12.5. The first kappa shape index (κ1) is 16.1. The first-order valence-corrected chi connectivity index (χ1v) is 8.25. The molecule has 2 aromatic carbocycles. The molecule has 6 nitrogen and oxygen atoms in total. The van der Waals surface area contributed by atoms with Crippen LogP contribution in [0.15, 0.2) is 42.5 Å². The van der Waals surface area contributed by atoms with E-state index in [0.29, 0.717) is 23.2 Å². The molecule has 1 heterocycles. The van der Waals surface area contributed by atoms with Crippen LogP contribution < -0.4 is 20.1 Å². The molecule has 0 spiro atoms. The third-order valence-corrected chi connectivity index (χ3v) is 4.15. The fourth-order valence-corrected chi connectivity index (χ4v) is 3.06. The molecule has 2 amide bonds. The summed E-state index contributed by atoms with van der Waals surface area (Å²) in [6.45, 7) is 2.55. The molecule has 0 bridgehead atoms. The van der Waals surface area contributed by atoms with Gasteiger partial charge in [-0.3, -0.25) is 5.32 Å². The van der Waals surface area contributed by atoms with Crippen molar-refractivity contribution in [1.82, 2.24) is 4.98 Å². The summed E-state index contributed by atoms with van der Waals surface area (Å²) in [6.07, 6.45) is 0. The molecule has 0 fully saturated rings. The number of aromatic nitrogens is 1. The molecular formula is C17H17N3O3S. The molecule has 0 aliphatic heterocycles. The Hall–Kier alpha value is -2.80. The van der Waals surface area contributed by atoms with E-state index in [4.69, 9.17) is 9.47 Å². The van der Waals surface area contributed by atoms with Gasteiger partial charge in [-0.2, -0.15) is 0 Å². The number of hydrogen-bond acceptors (Lipinski definition) is 5. The Morgan fingerprint density at radius 3 is 2.83 bits per heavy atom. The second kappa shape index (κ2) is 7.18. The normalized spacial score (nSPS) is 10.4. The van der Waals surface area contributed by atoms with Crippen LogP contribution in [0.2, 0.25) is 0 Å². The summed E-state index contributed by atoms with van der Waals surface area (Å²) in [7, 11) is 1.58. The van der Waals surface area contributed by atoms with Crippen LogP contribution in [-0.4, -0.2) is 24.7 Å². The number of urea groups is 1. The molecular weight excluding hydrogens is 326 g/mol. The maximum atomic E-state index is 12.1. The van der Waals surface area contributed by atoms with E-state index in [1.165, 1.54) is 11.3 Å². The van der Waals surface area contributed by atoms with Gasteiger partial charge in [0.15, 0.2) is 5.13 Å². The maximum Gasteiger partial charge on any atom is 0.325 e. The molecule has 1 aromatic heterocycles. The maximum absolute atomic E-state index is 12.1. The number of nitrogens with zero attached hydrogens (tertiary/aromatic N) is 1. The van der Waals surface area contributed by atoms with Gasteiger partial charge in [0.25, 0.3) is 0 Å². The number of hydrogen-bond donors (Lipinski definition) is 2. The standard InChI is InChI=1S/C17H17N3O3S/c1-3-23-13-7-8-14-15(10-13)24-17(19-14)20-16(21)18-11-5-4-6-12(9-11)22-2/h4-10H,3H2,1-2H3,(H2,18,19,20,21). The zero-order valence-corrected chi connectivity index (χ0v) is 14.1. The van der Waals surface area contributed by atoms with Crippen LogP contribution in [0.1, 0.15) is 6.92 Å². The van der Waals surface area contributed by atoms with Crippen molar-refractivity contribution < 1.29 is 14.3 Å². The van der Waals surface area contributed by atoms with Crippen molar-refractivity contribution in [2.24, 2.45) is 0 Å². The molecule has 0 saturated carbocycles. The third kappa shape index (κ3) is 3.75. The number of ether oxygens (including phenoxy) is 2. The molecule has 3 aromatic rings. The van der Waals surface area contributed by atoms with Crippen LogP contribution in [0.25, 0.3) is 10.2 Å². The predicted octanol–water partition coefficient (Wildman–Crippen LogP) is 4.35. The van der Waals surface area contributed by atoms with Crippen LogP contribution in [-0.2, 0) is 0 Å². The van der Waals surface area contributed by atoms with Crippen molar-refractivity contribution in [2.45, 2.75) is 6.92 Å². The Labute approximate surface area is 143 Å². The zero-order chi connectivity index (χ0) is 16.9. The minimum absolute atomic E-state index is 0.354. The number of benzene rings is 2. The average molecular weight is 343 g/mol. The average Bonchev–Trinajstić information content (AvgIpc) is 2.96. The minimum atomic E-state index is -0.354. The van der Waals surface area contributed by atoms with Crippen molar-refractivity contribution in [3.63, 3.8) is 0 Å². The van der Waals surface area contributed by atoms with Gasteiger partial charge in [0.2, 0.25) is 0 Å². The Balaban J connectivity index is 1.70. The molecule has 0 unspecified atom stereocenters. The topological polar surface area (TPSA) is 72.5 Å². The van der Waals surface area contributed by atoms with E-state index < -0.39 is 0 Å². The first-order chi connectivity index (χ1) is 11.7. The number of anilines is 2. The second-order valence-electron chi connectivity index (χ2n) is 4.89. The lowest BCUT2D eigenvalue weighted by Gasteiger charge is -2.06. The molecule has 0 aliphatic rings. The smallest absolute Gasteiger partial charge is 0.325 e. The van der Waals surface area contributed by atoms with E-state index in [1.54, 1.807) is 25.3 Å². The Bertz CT molecular complexity index is 863. The largest absolute Gasteiger partial charge is 0.497 e.